The van der Waals surface area contributed by atoms with Crippen molar-refractivity contribution in [3.8, 4) is 0 Å². The van der Waals surface area contributed by atoms with E-state index in [0.29, 0.717) is 6.42 Å². The van der Waals surface area contributed by atoms with Gasteiger partial charge in [0.15, 0.2) is 5.79 Å². The number of halogens is 1. The standard InChI is InChI=1S/C9H20FN/c1-6-9(5,10)11(7-2)8(3)4/h8H,6-7H2,1-5H3. The molecule has 0 heterocycles. The van der Waals surface area contributed by atoms with Gasteiger partial charge in [-0.15, -0.1) is 0 Å². The number of hydrogen-bond donors (Lipinski definition) is 0. The Morgan fingerprint density at radius 1 is 1.36 bits per heavy atom. The first-order valence-corrected chi connectivity index (χ1v) is 4.41. The molecule has 0 N–H and O–H groups in total. The zero-order valence-corrected chi connectivity index (χ0v) is 8.32. The van der Waals surface area contributed by atoms with Crippen LogP contribution in [0.1, 0.15) is 41.0 Å². The molecule has 0 aromatic heterocycles. The first kappa shape index (κ1) is 10.9. The molecular weight excluding hydrogens is 141 g/mol. The molecule has 0 saturated carbocycles. The first-order valence-electron chi connectivity index (χ1n) is 4.41. The van der Waals surface area contributed by atoms with Crippen molar-refractivity contribution in [3.05, 3.63) is 0 Å². The highest BCUT2D eigenvalue weighted by atomic mass is 19.1. The lowest BCUT2D eigenvalue weighted by molar-refractivity contribution is -0.0389. The average molecular weight is 161 g/mol. The Hall–Kier alpha value is -0.110. The van der Waals surface area contributed by atoms with Crippen molar-refractivity contribution in [2.75, 3.05) is 6.54 Å². The Bertz CT molecular complexity index is 110. The normalized spacial score (nSPS) is 17.5. The maximum atomic E-state index is 13.7. The zero-order valence-electron chi connectivity index (χ0n) is 8.32. The highest BCUT2D eigenvalue weighted by Crippen LogP contribution is 2.22. The van der Waals surface area contributed by atoms with Gasteiger partial charge in [-0.25, -0.2) is 4.39 Å². The van der Waals surface area contributed by atoms with Crippen molar-refractivity contribution in [2.24, 2.45) is 0 Å². The summed E-state index contributed by atoms with van der Waals surface area (Å²) in [5.74, 6) is -1.14. The summed E-state index contributed by atoms with van der Waals surface area (Å²) in [5.41, 5.74) is 0. The first-order chi connectivity index (χ1) is 4.95. The summed E-state index contributed by atoms with van der Waals surface area (Å²) in [6, 6.07) is 0.287. The predicted octanol–water partition coefficient (Wildman–Crippen LogP) is 2.81. The summed E-state index contributed by atoms with van der Waals surface area (Å²) in [6.07, 6.45) is 0.555. The predicted molar refractivity (Wildman–Crippen MR) is 47.3 cm³/mol. The van der Waals surface area contributed by atoms with Crippen LogP contribution in [0.3, 0.4) is 0 Å². The van der Waals surface area contributed by atoms with Crippen LogP contribution in [0.25, 0.3) is 0 Å². The van der Waals surface area contributed by atoms with E-state index in [2.05, 4.69) is 0 Å². The van der Waals surface area contributed by atoms with Gasteiger partial charge in [-0.1, -0.05) is 13.8 Å². The van der Waals surface area contributed by atoms with Gasteiger partial charge in [-0.2, -0.15) is 0 Å². The van der Waals surface area contributed by atoms with Gasteiger partial charge in [-0.3, -0.25) is 4.90 Å². The van der Waals surface area contributed by atoms with Gasteiger partial charge in [0.05, 0.1) is 0 Å². The molecule has 2 heteroatoms. The van der Waals surface area contributed by atoms with Crippen molar-refractivity contribution in [1.82, 2.24) is 4.90 Å². The molecule has 0 spiro atoms. The van der Waals surface area contributed by atoms with Crippen molar-refractivity contribution in [1.29, 1.82) is 0 Å². The SMILES string of the molecule is CCN(C(C)C)C(C)(F)CC. The Morgan fingerprint density at radius 2 is 1.82 bits per heavy atom. The Balaban J connectivity index is 4.23. The molecule has 0 saturated heterocycles. The third-order valence-electron chi connectivity index (χ3n) is 2.21. The molecule has 68 valence electrons. The summed E-state index contributed by atoms with van der Waals surface area (Å²) < 4.78 is 13.7. The van der Waals surface area contributed by atoms with Crippen LogP contribution in [0.2, 0.25) is 0 Å². The Labute approximate surface area is 69.6 Å². The van der Waals surface area contributed by atoms with Crippen LogP contribution in [-0.2, 0) is 0 Å². The van der Waals surface area contributed by atoms with Gasteiger partial charge >= 0.3 is 0 Å². The maximum absolute atomic E-state index is 13.7. The molecule has 0 bridgehead atoms. The van der Waals surface area contributed by atoms with Crippen LogP contribution in [0.4, 0.5) is 4.39 Å². The second-order valence-corrected chi connectivity index (χ2v) is 3.38. The quantitative estimate of drug-likeness (QED) is 0.573. The molecule has 0 rings (SSSR count). The fourth-order valence-electron chi connectivity index (χ4n) is 1.44. The monoisotopic (exact) mass is 161 g/mol. The second kappa shape index (κ2) is 4.05. The van der Waals surface area contributed by atoms with Crippen LogP contribution >= 0.6 is 0 Å². The summed E-state index contributed by atoms with van der Waals surface area (Å²) in [6.45, 7) is 10.3. The molecule has 0 aromatic carbocycles. The number of hydrogen-bond acceptors (Lipinski definition) is 1. The van der Waals surface area contributed by atoms with E-state index in [1.807, 2.05) is 32.6 Å². The minimum absolute atomic E-state index is 0.287. The molecule has 1 atom stereocenters. The number of rotatable bonds is 4. The van der Waals surface area contributed by atoms with E-state index >= 15 is 0 Å². The zero-order chi connectivity index (χ0) is 9.07. The molecule has 0 fully saturated rings. The van der Waals surface area contributed by atoms with Crippen LogP contribution in [-0.4, -0.2) is 23.3 Å². The number of nitrogens with zero attached hydrogens (tertiary/aromatic N) is 1. The maximum Gasteiger partial charge on any atom is 0.161 e. The summed E-state index contributed by atoms with van der Waals surface area (Å²) >= 11 is 0. The van der Waals surface area contributed by atoms with E-state index in [1.54, 1.807) is 6.92 Å². The smallest absolute Gasteiger partial charge is 0.161 e. The molecule has 0 aliphatic heterocycles. The van der Waals surface area contributed by atoms with E-state index in [1.165, 1.54) is 0 Å². The topological polar surface area (TPSA) is 3.24 Å². The van der Waals surface area contributed by atoms with Crippen molar-refractivity contribution in [3.63, 3.8) is 0 Å². The highest BCUT2D eigenvalue weighted by Gasteiger charge is 2.29. The third-order valence-corrected chi connectivity index (χ3v) is 2.21. The molecule has 11 heavy (non-hydrogen) atoms. The van der Waals surface area contributed by atoms with E-state index in [0.717, 1.165) is 6.54 Å². The molecular formula is C9H20FN. The van der Waals surface area contributed by atoms with Crippen molar-refractivity contribution < 1.29 is 4.39 Å². The van der Waals surface area contributed by atoms with E-state index in [4.69, 9.17) is 0 Å². The number of alkyl halides is 1. The van der Waals surface area contributed by atoms with Crippen molar-refractivity contribution >= 4 is 0 Å². The van der Waals surface area contributed by atoms with Crippen LogP contribution in [0.15, 0.2) is 0 Å². The van der Waals surface area contributed by atoms with E-state index < -0.39 is 5.79 Å². The van der Waals surface area contributed by atoms with Gasteiger partial charge in [0.1, 0.15) is 0 Å². The van der Waals surface area contributed by atoms with Gasteiger partial charge < -0.3 is 0 Å². The fourth-order valence-corrected chi connectivity index (χ4v) is 1.44. The van der Waals surface area contributed by atoms with Gasteiger partial charge in [0, 0.05) is 6.04 Å². The van der Waals surface area contributed by atoms with Crippen molar-refractivity contribution in [2.45, 2.75) is 52.9 Å². The lowest BCUT2D eigenvalue weighted by Crippen LogP contribution is -2.46. The molecule has 1 unspecified atom stereocenters. The highest BCUT2D eigenvalue weighted by molar-refractivity contribution is 4.75. The fraction of sp³-hybridized carbons (Fsp3) is 1.00. The molecule has 0 aliphatic rings. The van der Waals surface area contributed by atoms with Gasteiger partial charge in [0.2, 0.25) is 0 Å². The molecule has 1 nitrogen and oxygen atoms in total. The summed E-state index contributed by atoms with van der Waals surface area (Å²) in [7, 11) is 0. The minimum atomic E-state index is -1.14. The van der Waals surface area contributed by atoms with Crippen LogP contribution in [0.5, 0.6) is 0 Å². The summed E-state index contributed by atoms with van der Waals surface area (Å²) in [5, 5.41) is 0. The third kappa shape index (κ3) is 2.78. The Morgan fingerprint density at radius 3 is 1.91 bits per heavy atom. The van der Waals surface area contributed by atoms with Gasteiger partial charge in [0.25, 0.3) is 0 Å². The van der Waals surface area contributed by atoms with E-state index in [-0.39, 0.29) is 6.04 Å². The molecule has 0 amide bonds. The molecule has 0 aromatic rings. The van der Waals surface area contributed by atoms with Crippen LogP contribution < -0.4 is 0 Å². The Kier molecular flexibility index (Phi) is 4.01. The summed E-state index contributed by atoms with van der Waals surface area (Å²) in [4.78, 5) is 1.87. The molecule has 0 radical (unpaired) electrons. The minimum Gasteiger partial charge on any atom is -0.270 e. The average Bonchev–Trinajstić information content (AvgIpc) is 1.88. The largest absolute Gasteiger partial charge is 0.270 e. The second-order valence-electron chi connectivity index (χ2n) is 3.38. The van der Waals surface area contributed by atoms with E-state index in [9.17, 15) is 4.39 Å². The van der Waals surface area contributed by atoms with Crippen LogP contribution in [0, 0.1) is 0 Å². The molecule has 0 aliphatic carbocycles. The lowest BCUT2D eigenvalue weighted by Gasteiger charge is -2.36. The lowest BCUT2D eigenvalue weighted by atomic mass is 10.1. The van der Waals surface area contributed by atoms with Gasteiger partial charge in [-0.05, 0) is 33.7 Å².